The second-order valence-corrected chi connectivity index (χ2v) is 6.64. The number of carboxylic acid groups (broad SMARTS) is 1. The van der Waals surface area contributed by atoms with Gasteiger partial charge in [-0.3, -0.25) is 9.69 Å². The van der Waals surface area contributed by atoms with Crippen molar-refractivity contribution in [2.75, 3.05) is 31.6 Å². The molecule has 1 fully saturated rings. The molecule has 1 aromatic carbocycles. The van der Waals surface area contributed by atoms with Gasteiger partial charge in [0, 0.05) is 19.1 Å². The highest BCUT2D eigenvalue weighted by atomic mass is 32.1. The first-order valence-corrected chi connectivity index (χ1v) is 8.07. The van der Waals surface area contributed by atoms with Gasteiger partial charge in [-0.2, -0.15) is 0 Å². The van der Waals surface area contributed by atoms with Crippen LogP contribution in [0.4, 0.5) is 9.52 Å². The van der Waals surface area contributed by atoms with Crippen molar-refractivity contribution in [2.45, 2.75) is 18.9 Å². The Bertz CT molecular complexity index is 682. The van der Waals surface area contributed by atoms with Crippen molar-refractivity contribution in [1.29, 1.82) is 0 Å². The SMILES string of the molecule is CN(CC(=O)O)C1CCN(c2nc3ccc(F)cc3s2)CC1. The number of thiazole rings is 1. The van der Waals surface area contributed by atoms with Crippen LogP contribution in [0.25, 0.3) is 10.2 Å². The number of fused-ring (bicyclic) bond motifs is 1. The van der Waals surface area contributed by atoms with Crippen LogP contribution in [0.3, 0.4) is 0 Å². The maximum absolute atomic E-state index is 13.2. The summed E-state index contributed by atoms with van der Waals surface area (Å²) in [6, 6.07) is 4.94. The molecule has 2 heterocycles. The summed E-state index contributed by atoms with van der Waals surface area (Å²) in [5.41, 5.74) is 0.825. The van der Waals surface area contributed by atoms with Gasteiger partial charge in [0.25, 0.3) is 0 Å². The molecule has 1 N–H and O–H groups in total. The molecule has 118 valence electrons. The minimum Gasteiger partial charge on any atom is -0.480 e. The van der Waals surface area contributed by atoms with E-state index in [9.17, 15) is 9.18 Å². The Kier molecular flexibility index (Phi) is 4.26. The Morgan fingerprint density at radius 3 is 2.91 bits per heavy atom. The number of benzene rings is 1. The summed E-state index contributed by atoms with van der Waals surface area (Å²) in [4.78, 5) is 19.4. The molecule has 1 saturated heterocycles. The van der Waals surface area contributed by atoms with Crippen LogP contribution >= 0.6 is 11.3 Å². The van der Waals surface area contributed by atoms with Crippen LogP contribution in [0.2, 0.25) is 0 Å². The van der Waals surface area contributed by atoms with E-state index in [1.807, 2.05) is 11.9 Å². The number of carboxylic acids is 1. The normalized spacial score (nSPS) is 16.6. The van der Waals surface area contributed by atoms with E-state index in [0.29, 0.717) is 6.04 Å². The summed E-state index contributed by atoms with van der Waals surface area (Å²) in [6.45, 7) is 1.76. The quantitative estimate of drug-likeness (QED) is 0.936. The molecule has 1 aliphatic heterocycles. The zero-order valence-corrected chi connectivity index (χ0v) is 13.1. The molecule has 2 aromatic rings. The van der Waals surface area contributed by atoms with Crippen LogP contribution in [0, 0.1) is 5.82 Å². The summed E-state index contributed by atoms with van der Waals surface area (Å²) in [5, 5.41) is 9.77. The van der Waals surface area contributed by atoms with E-state index in [0.717, 1.165) is 41.3 Å². The lowest BCUT2D eigenvalue weighted by Gasteiger charge is -2.36. The Labute approximate surface area is 132 Å². The summed E-state index contributed by atoms with van der Waals surface area (Å²) in [7, 11) is 1.86. The van der Waals surface area contributed by atoms with Crippen LogP contribution in [0.15, 0.2) is 18.2 Å². The second kappa shape index (κ2) is 6.18. The minimum atomic E-state index is -0.793. The molecule has 0 radical (unpaired) electrons. The maximum atomic E-state index is 13.2. The summed E-state index contributed by atoms with van der Waals surface area (Å²) in [5.74, 6) is -1.03. The molecule has 1 aromatic heterocycles. The van der Waals surface area contributed by atoms with Gasteiger partial charge < -0.3 is 10.0 Å². The fourth-order valence-electron chi connectivity index (χ4n) is 2.86. The van der Waals surface area contributed by atoms with Crippen molar-refractivity contribution in [2.24, 2.45) is 0 Å². The van der Waals surface area contributed by atoms with Gasteiger partial charge >= 0.3 is 5.97 Å². The van der Waals surface area contributed by atoms with Crippen LogP contribution in [-0.4, -0.2) is 53.7 Å². The summed E-state index contributed by atoms with van der Waals surface area (Å²) < 4.78 is 14.1. The van der Waals surface area contributed by atoms with Crippen LogP contribution in [0.5, 0.6) is 0 Å². The predicted molar refractivity (Wildman–Crippen MR) is 85.1 cm³/mol. The first kappa shape index (κ1) is 15.2. The van der Waals surface area contributed by atoms with Crippen molar-refractivity contribution in [1.82, 2.24) is 9.88 Å². The number of aromatic nitrogens is 1. The van der Waals surface area contributed by atoms with Gasteiger partial charge in [0.1, 0.15) is 5.82 Å². The molecular weight excluding hydrogens is 305 g/mol. The van der Waals surface area contributed by atoms with Gasteiger partial charge in [0.05, 0.1) is 16.8 Å². The Hall–Kier alpha value is -1.73. The lowest BCUT2D eigenvalue weighted by atomic mass is 10.0. The third kappa shape index (κ3) is 3.20. The standard InChI is InChI=1S/C15H18FN3O2S/c1-18(9-14(20)21)11-4-6-19(7-5-11)15-17-12-3-2-10(16)8-13(12)22-15/h2-3,8,11H,4-7,9H2,1H3,(H,20,21). The molecule has 22 heavy (non-hydrogen) atoms. The van der Waals surface area contributed by atoms with E-state index >= 15 is 0 Å². The number of aliphatic carboxylic acids is 1. The van der Waals surface area contributed by atoms with E-state index in [4.69, 9.17) is 5.11 Å². The van der Waals surface area contributed by atoms with Crippen molar-refractivity contribution in [3.8, 4) is 0 Å². The van der Waals surface area contributed by atoms with Gasteiger partial charge in [-0.15, -0.1) is 0 Å². The highest BCUT2D eigenvalue weighted by molar-refractivity contribution is 7.22. The number of hydrogen-bond donors (Lipinski definition) is 1. The Morgan fingerprint density at radius 2 is 2.23 bits per heavy atom. The van der Waals surface area contributed by atoms with Crippen molar-refractivity contribution >= 4 is 32.7 Å². The molecule has 0 amide bonds. The van der Waals surface area contributed by atoms with E-state index in [1.165, 1.54) is 23.5 Å². The fourth-order valence-corrected chi connectivity index (χ4v) is 3.90. The molecule has 3 rings (SSSR count). The van der Waals surface area contributed by atoms with Gasteiger partial charge in [-0.05, 0) is 38.1 Å². The number of anilines is 1. The van der Waals surface area contributed by atoms with Crippen molar-refractivity contribution in [3.63, 3.8) is 0 Å². The van der Waals surface area contributed by atoms with E-state index in [2.05, 4.69) is 9.88 Å². The highest BCUT2D eigenvalue weighted by Gasteiger charge is 2.25. The number of piperidine rings is 1. The van der Waals surface area contributed by atoms with E-state index in [1.54, 1.807) is 6.07 Å². The summed E-state index contributed by atoms with van der Waals surface area (Å²) >= 11 is 1.51. The highest BCUT2D eigenvalue weighted by Crippen LogP contribution is 2.31. The molecule has 0 aliphatic carbocycles. The third-order valence-electron chi connectivity index (χ3n) is 4.08. The Balaban J connectivity index is 1.66. The van der Waals surface area contributed by atoms with Crippen LogP contribution < -0.4 is 4.90 Å². The van der Waals surface area contributed by atoms with E-state index in [-0.39, 0.29) is 12.4 Å². The molecule has 0 unspecified atom stereocenters. The van der Waals surface area contributed by atoms with Crippen LogP contribution in [-0.2, 0) is 4.79 Å². The first-order valence-electron chi connectivity index (χ1n) is 7.26. The Morgan fingerprint density at radius 1 is 1.50 bits per heavy atom. The van der Waals surface area contributed by atoms with Gasteiger partial charge in [-0.1, -0.05) is 11.3 Å². The minimum absolute atomic E-state index is 0.0745. The smallest absolute Gasteiger partial charge is 0.317 e. The molecule has 0 bridgehead atoms. The molecule has 0 saturated carbocycles. The number of carbonyl (C=O) groups is 1. The monoisotopic (exact) mass is 323 g/mol. The number of likely N-dealkylation sites (N-methyl/N-ethyl adjacent to an activating group) is 1. The molecule has 1 aliphatic rings. The number of nitrogens with zero attached hydrogens (tertiary/aromatic N) is 3. The third-order valence-corrected chi connectivity index (χ3v) is 5.16. The molecule has 5 nitrogen and oxygen atoms in total. The number of hydrogen-bond acceptors (Lipinski definition) is 5. The predicted octanol–water partition coefficient (Wildman–Crippen LogP) is 2.42. The zero-order chi connectivity index (χ0) is 15.7. The average Bonchev–Trinajstić information content (AvgIpc) is 2.89. The van der Waals surface area contributed by atoms with Crippen LogP contribution in [0.1, 0.15) is 12.8 Å². The average molecular weight is 323 g/mol. The van der Waals surface area contributed by atoms with Gasteiger partial charge in [0.2, 0.25) is 0 Å². The molecular formula is C15H18FN3O2S. The largest absolute Gasteiger partial charge is 0.480 e. The topological polar surface area (TPSA) is 56.7 Å². The summed E-state index contributed by atoms with van der Waals surface area (Å²) in [6.07, 6.45) is 1.82. The lowest BCUT2D eigenvalue weighted by molar-refractivity contribution is -0.138. The van der Waals surface area contributed by atoms with Gasteiger partial charge in [0.15, 0.2) is 5.13 Å². The number of halogens is 1. The fraction of sp³-hybridized carbons (Fsp3) is 0.467. The molecule has 7 heteroatoms. The van der Waals surface area contributed by atoms with Crippen molar-refractivity contribution < 1.29 is 14.3 Å². The lowest BCUT2D eigenvalue weighted by Crippen LogP contribution is -2.44. The molecule has 0 atom stereocenters. The van der Waals surface area contributed by atoms with Crippen molar-refractivity contribution in [3.05, 3.63) is 24.0 Å². The zero-order valence-electron chi connectivity index (χ0n) is 12.3. The first-order chi connectivity index (χ1) is 10.5. The van der Waals surface area contributed by atoms with Gasteiger partial charge in [-0.25, -0.2) is 9.37 Å². The number of rotatable bonds is 4. The van der Waals surface area contributed by atoms with E-state index < -0.39 is 5.97 Å². The second-order valence-electron chi connectivity index (χ2n) is 5.64. The molecule has 0 spiro atoms. The maximum Gasteiger partial charge on any atom is 0.317 e.